The third kappa shape index (κ3) is 5.06. The molecular formula is C9H19Cl2NO. The number of hydrogen-bond acceptors (Lipinski definition) is 2. The highest BCUT2D eigenvalue weighted by molar-refractivity contribution is 6.22. The monoisotopic (exact) mass is 227 g/mol. The molecule has 0 rings (SSSR count). The van der Waals surface area contributed by atoms with E-state index in [1.54, 1.807) is 7.11 Å². The van der Waals surface area contributed by atoms with E-state index in [4.69, 9.17) is 27.9 Å². The molecule has 0 atom stereocenters. The molecule has 0 heterocycles. The molecule has 0 aromatic rings. The molecule has 13 heavy (non-hydrogen) atoms. The fraction of sp³-hybridized carbons (Fsp3) is 1.00. The summed E-state index contributed by atoms with van der Waals surface area (Å²) in [7, 11) is 1.70. The van der Waals surface area contributed by atoms with Crippen molar-refractivity contribution >= 4 is 23.2 Å². The van der Waals surface area contributed by atoms with Crippen molar-refractivity contribution in [1.82, 2.24) is 5.32 Å². The molecular weight excluding hydrogens is 209 g/mol. The third-order valence-electron chi connectivity index (χ3n) is 2.21. The van der Waals surface area contributed by atoms with Crippen LogP contribution in [0.4, 0.5) is 0 Å². The third-order valence-corrected chi connectivity index (χ3v) is 3.24. The molecule has 0 aliphatic carbocycles. The molecule has 0 radical (unpaired) electrons. The van der Waals surface area contributed by atoms with Gasteiger partial charge in [0.1, 0.15) is 0 Å². The average Bonchev–Trinajstić information content (AvgIpc) is 2.20. The van der Waals surface area contributed by atoms with Crippen LogP contribution >= 0.6 is 23.2 Å². The number of alkyl halides is 2. The molecule has 1 N–H and O–H groups in total. The molecule has 0 fully saturated rings. The van der Waals surface area contributed by atoms with Crippen LogP contribution in [0.25, 0.3) is 0 Å². The fourth-order valence-electron chi connectivity index (χ4n) is 1.01. The second-order valence-electron chi connectivity index (χ2n) is 3.17. The number of methoxy groups -OCH3 is 1. The SMILES string of the molecule is CCC(CCl)(CCl)NCCCOC. The summed E-state index contributed by atoms with van der Waals surface area (Å²) in [6.45, 7) is 3.77. The zero-order valence-corrected chi connectivity index (χ0v) is 9.92. The van der Waals surface area contributed by atoms with Gasteiger partial charge < -0.3 is 10.1 Å². The van der Waals surface area contributed by atoms with Gasteiger partial charge in [-0.3, -0.25) is 0 Å². The maximum absolute atomic E-state index is 5.86. The van der Waals surface area contributed by atoms with Crippen LogP contribution in [0.1, 0.15) is 19.8 Å². The molecule has 0 aliphatic heterocycles. The lowest BCUT2D eigenvalue weighted by atomic mass is 10.0. The van der Waals surface area contributed by atoms with Crippen LogP contribution in [0.15, 0.2) is 0 Å². The number of halogens is 2. The summed E-state index contributed by atoms with van der Waals surface area (Å²) in [5.41, 5.74) is -0.100. The van der Waals surface area contributed by atoms with Crippen LogP contribution in [0, 0.1) is 0 Å². The van der Waals surface area contributed by atoms with Crippen LogP contribution in [0.2, 0.25) is 0 Å². The first-order valence-corrected chi connectivity index (χ1v) is 5.67. The van der Waals surface area contributed by atoms with E-state index in [1.165, 1.54) is 0 Å². The first kappa shape index (κ1) is 13.5. The van der Waals surface area contributed by atoms with Crippen LogP contribution < -0.4 is 5.32 Å². The Balaban J connectivity index is 3.68. The molecule has 0 amide bonds. The second kappa shape index (κ2) is 7.86. The van der Waals surface area contributed by atoms with E-state index in [-0.39, 0.29) is 5.54 Å². The zero-order valence-electron chi connectivity index (χ0n) is 8.41. The maximum atomic E-state index is 5.86. The maximum Gasteiger partial charge on any atom is 0.0474 e. The lowest BCUT2D eigenvalue weighted by molar-refractivity contribution is 0.191. The predicted octanol–water partition coefficient (Wildman–Crippen LogP) is 2.24. The van der Waals surface area contributed by atoms with Crippen LogP contribution in [-0.2, 0) is 4.74 Å². The highest BCUT2D eigenvalue weighted by atomic mass is 35.5. The number of hydrogen-bond donors (Lipinski definition) is 1. The Kier molecular flexibility index (Phi) is 8.17. The average molecular weight is 228 g/mol. The molecule has 0 aliphatic rings. The van der Waals surface area contributed by atoms with Gasteiger partial charge in [0.25, 0.3) is 0 Å². The molecule has 0 saturated heterocycles. The predicted molar refractivity (Wildman–Crippen MR) is 59.0 cm³/mol. The van der Waals surface area contributed by atoms with Crippen molar-refractivity contribution in [2.24, 2.45) is 0 Å². The smallest absolute Gasteiger partial charge is 0.0474 e. The Morgan fingerprint density at radius 2 is 1.92 bits per heavy atom. The molecule has 2 nitrogen and oxygen atoms in total. The highest BCUT2D eigenvalue weighted by Crippen LogP contribution is 2.14. The van der Waals surface area contributed by atoms with Crippen molar-refractivity contribution in [1.29, 1.82) is 0 Å². The van der Waals surface area contributed by atoms with E-state index in [9.17, 15) is 0 Å². The minimum Gasteiger partial charge on any atom is -0.385 e. The number of rotatable bonds is 8. The Labute approximate surface area is 90.9 Å². The number of nitrogens with one attached hydrogen (secondary N) is 1. The van der Waals surface area contributed by atoms with Gasteiger partial charge in [0, 0.05) is 31.0 Å². The standard InChI is InChI=1S/C9H19Cl2NO/c1-3-9(7-10,8-11)12-5-4-6-13-2/h12H,3-8H2,1-2H3. The van der Waals surface area contributed by atoms with Gasteiger partial charge in [-0.25, -0.2) is 0 Å². The van der Waals surface area contributed by atoms with Crippen LogP contribution in [-0.4, -0.2) is 37.6 Å². The molecule has 0 spiro atoms. The van der Waals surface area contributed by atoms with E-state index in [1.807, 2.05) is 0 Å². The van der Waals surface area contributed by atoms with Crippen LogP contribution in [0.5, 0.6) is 0 Å². The molecule has 80 valence electrons. The van der Waals surface area contributed by atoms with E-state index >= 15 is 0 Å². The summed E-state index contributed by atoms with van der Waals surface area (Å²) in [5, 5.41) is 3.37. The summed E-state index contributed by atoms with van der Waals surface area (Å²) >= 11 is 11.7. The van der Waals surface area contributed by atoms with Crippen molar-refractivity contribution in [2.45, 2.75) is 25.3 Å². The van der Waals surface area contributed by atoms with Gasteiger partial charge in [-0.1, -0.05) is 6.92 Å². The normalized spacial score (nSPS) is 12.0. The second-order valence-corrected chi connectivity index (χ2v) is 3.71. The Morgan fingerprint density at radius 3 is 2.31 bits per heavy atom. The van der Waals surface area contributed by atoms with Crippen molar-refractivity contribution in [3.05, 3.63) is 0 Å². The fourth-order valence-corrected chi connectivity index (χ4v) is 1.87. The molecule has 0 saturated carbocycles. The molecule has 0 bridgehead atoms. The molecule has 0 aromatic heterocycles. The minimum absolute atomic E-state index is 0.100. The van der Waals surface area contributed by atoms with Gasteiger partial charge in [0.15, 0.2) is 0 Å². The lowest BCUT2D eigenvalue weighted by Crippen LogP contribution is -2.48. The zero-order chi connectivity index (χ0) is 10.2. The highest BCUT2D eigenvalue weighted by Gasteiger charge is 2.24. The largest absolute Gasteiger partial charge is 0.385 e. The summed E-state index contributed by atoms with van der Waals surface area (Å²) in [4.78, 5) is 0. The summed E-state index contributed by atoms with van der Waals surface area (Å²) in [6.07, 6.45) is 1.94. The number of ether oxygens (including phenoxy) is 1. The first-order valence-electron chi connectivity index (χ1n) is 4.60. The van der Waals surface area contributed by atoms with Crippen molar-refractivity contribution in [3.8, 4) is 0 Å². The summed E-state index contributed by atoms with van der Waals surface area (Å²) < 4.78 is 4.95. The Hall–Kier alpha value is 0.500. The lowest BCUT2D eigenvalue weighted by Gasteiger charge is -2.29. The first-order chi connectivity index (χ1) is 6.24. The molecule has 0 unspecified atom stereocenters. The Bertz CT molecular complexity index is 110. The summed E-state index contributed by atoms with van der Waals surface area (Å²) in [5.74, 6) is 1.11. The van der Waals surface area contributed by atoms with Gasteiger partial charge in [-0.2, -0.15) is 0 Å². The van der Waals surface area contributed by atoms with Gasteiger partial charge in [0.2, 0.25) is 0 Å². The molecule has 0 aromatic carbocycles. The van der Waals surface area contributed by atoms with Gasteiger partial charge in [0.05, 0.1) is 0 Å². The van der Waals surface area contributed by atoms with Gasteiger partial charge in [-0.15, -0.1) is 23.2 Å². The van der Waals surface area contributed by atoms with Crippen molar-refractivity contribution < 1.29 is 4.74 Å². The van der Waals surface area contributed by atoms with E-state index in [0.29, 0.717) is 11.8 Å². The van der Waals surface area contributed by atoms with Gasteiger partial charge >= 0.3 is 0 Å². The van der Waals surface area contributed by atoms with Gasteiger partial charge in [-0.05, 0) is 19.4 Å². The van der Waals surface area contributed by atoms with Crippen LogP contribution in [0.3, 0.4) is 0 Å². The van der Waals surface area contributed by atoms with E-state index in [0.717, 1.165) is 26.0 Å². The topological polar surface area (TPSA) is 21.3 Å². The minimum atomic E-state index is -0.100. The van der Waals surface area contributed by atoms with E-state index < -0.39 is 0 Å². The molecule has 4 heteroatoms. The van der Waals surface area contributed by atoms with Crippen molar-refractivity contribution in [3.63, 3.8) is 0 Å². The summed E-state index contributed by atoms with van der Waals surface area (Å²) in [6, 6.07) is 0. The van der Waals surface area contributed by atoms with Crippen molar-refractivity contribution in [2.75, 3.05) is 32.0 Å². The Morgan fingerprint density at radius 1 is 1.31 bits per heavy atom. The van der Waals surface area contributed by atoms with E-state index in [2.05, 4.69) is 12.2 Å². The quantitative estimate of drug-likeness (QED) is 0.508.